The van der Waals surface area contributed by atoms with Crippen LogP contribution in [0.1, 0.15) is 18.0 Å². The lowest BCUT2D eigenvalue weighted by Gasteiger charge is -2.33. The Balaban J connectivity index is 1.84. The number of hydrogen-bond acceptors (Lipinski definition) is 4. The average molecular weight is 232 g/mol. The van der Waals surface area contributed by atoms with E-state index in [1.165, 1.54) is 18.5 Å². The summed E-state index contributed by atoms with van der Waals surface area (Å²) < 4.78 is 0. The molecular formula is C13H20N4. The molecule has 2 aliphatic rings. The Bertz CT molecular complexity index is 406. The van der Waals surface area contributed by atoms with Gasteiger partial charge in [-0.05, 0) is 37.7 Å². The van der Waals surface area contributed by atoms with Crippen LogP contribution in [-0.2, 0) is 0 Å². The molecule has 1 aromatic rings. The molecule has 0 aliphatic carbocycles. The number of benzene rings is 1. The van der Waals surface area contributed by atoms with Gasteiger partial charge in [-0.2, -0.15) is 0 Å². The van der Waals surface area contributed by atoms with Crippen molar-refractivity contribution in [1.29, 1.82) is 0 Å². The summed E-state index contributed by atoms with van der Waals surface area (Å²) in [6.07, 6.45) is 1.22. The Morgan fingerprint density at radius 1 is 1.35 bits per heavy atom. The third kappa shape index (κ3) is 2.04. The number of fused-ring (bicyclic) bond motifs is 1. The van der Waals surface area contributed by atoms with Gasteiger partial charge in [-0.15, -0.1) is 0 Å². The van der Waals surface area contributed by atoms with Gasteiger partial charge in [0.05, 0.1) is 6.04 Å². The normalized spacial score (nSPS) is 33.6. The van der Waals surface area contributed by atoms with Gasteiger partial charge in [0, 0.05) is 24.2 Å². The minimum atomic E-state index is 0.381. The van der Waals surface area contributed by atoms with Gasteiger partial charge < -0.3 is 10.6 Å². The van der Waals surface area contributed by atoms with Crippen LogP contribution < -0.4 is 16.6 Å². The van der Waals surface area contributed by atoms with Gasteiger partial charge in [0.2, 0.25) is 0 Å². The molecule has 2 fully saturated rings. The molecule has 4 nitrogen and oxygen atoms in total. The van der Waals surface area contributed by atoms with E-state index in [2.05, 4.69) is 34.9 Å². The molecule has 3 rings (SSSR count). The van der Waals surface area contributed by atoms with Crippen LogP contribution in [0, 0.1) is 5.92 Å². The summed E-state index contributed by atoms with van der Waals surface area (Å²) in [6, 6.07) is 9.19. The highest BCUT2D eigenvalue weighted by atomic mass is 15.4. The number of nitrogen functional groups attached to an aromatic ring is 1. The Kier molecular flexibility index (Phi) is 2.78. The minimum Gasteiger partial charge on any atom is -0.399 e. The van der Waals surface area contributed by atoms with Crippen LogP contribution in [0.4, 0.5) is 5.69 Å². The van der Waals surface area contributed by atoms with E-state index in [9.17, 15) is 0 Å². The smallest absolute Gasteiger partial charge is 0.0519 e. The molecule has 2 aliphatic heterocycles. The zero-order valence-electron chi connectivity index (χ0n) is 10.2. The number of hydrazine groups is 1. The molecule has 17 heavy (non-hydrogen) atoms. The largest absolute Gasteiger partial charge is 0.399 e. The molecule has 3 atom stereocenters. The predicted molar refractivity (Wildman–Crippen MR) is 69.3 cm³/mol. The van der Waals surface area contributed by atoms with Gasteiger partial charge in [0.25, 0.3) is 0 Å². The standard InChI is InChI=1S/C13H20N4/c1-17-6-5-12-11(8-17)13(16-15-12)9-3-2-4-10(14)7-9/h2-4,7,11-13,15-16H,5-6,8,14H2,1H3. The number of likely N-dealkylation sites (tertiary alicyclic amines) is 1. The van der Waals surface area contributed by atoms with Crippen molar-refractivity contribution in [2.24, 2.45) is 5.92 Å². The zero-order valence-corrected chi connectivity index (χ0v) is 10.2. The monoisotopic (exact) mass is 232 g/mol. The molecule has 0 radical (unpaired) electrons. The lowest BCUT2D eigenvalue weighted by molar-refractivity contribution is 0.185. The van der Waals surface area contributed by atoms with Crippen molar-refractivity contribution in [2.45, 2.75) is 18.5 Å². The van der Waals surface area contributed by atoms with Gasteiger partial charge in [-0.25, -0.2) is 5.43 Å². The van der Waals surface area contributed by atoms with E-state index in [1.807, 2.05) is 12.1 Å². The van der Waals surface area contributed by atoms with Crippen molar-refractivity contribution >= 4 is 5.69 Å². The van der Waals surface area contributed by atoms with Gasteiger partial charge >= 0.3 is 0 Å². The van der Waals surface area contributed by atoms with Gasteiger partial charge in [-0.1, -0.05) is 12.1 Å². The van der Waals surface area contributed by atoms with Crippen molar-refractivity contribution in [2.75, 3.05) is 25.9 Å². The Morgan fingerprint density at radius 2 is 2.24 bits per heavy atom. The van der Waals surface area contributed by atoms with E-state index in [1.54, 1.807) is 0 Å². The van der Waals surface area contributed by atoms with Crippen LogP contribution in [0.25, 0.3) is 0 Å². The van der Waals surface area contributed by atoms with Crippen molar-refractivity contribution in [3.63, 3.8) is 0 Å². The Morgan fingerprint density at radius 3 is 3.06 bits per heavy atom. The van der Waals surface area contributed by atoms with Crippen molar-refractivity contribution in [3.8, 4) is 0 Å². The van der Waals surface area contributed by atoms with Gasteiger partial charge in [-0.3, -0.25) is 5.43 Å². The van der Waals surface area contributed by atoms with Crippen LogP contribution in [-0.4, -0.2) is 31.1 Å². The molecule has 0 saturated carbocycles. The summed E-state index contributed by atoms with van der Waals surface area (Å²) in [5.74, 6) is 0.635. The summed E-state index contributed by atoms with van der Waals surface area (Å²) in [7, 11) is 2.20. The number of nitrogens with zero attached hydrogens (tertiary/aromatic N) is 1. The molecule has 0 aromatic heterocycles. The highest BCUT2D eigenvalue weighted by molar-refractivity contribution is 5.42. The van der Waals surface area contributed by atoms with E-state index >= 15 is 0 Å². The van der Waals surface area contributed by atoms with Crippen LogP contribution in [0.2, 0.25) is 0 Å². The summed E-state index contributed by atoms with van der Waals surface area (Å²) >= 11 is 0. The summed E-state index contributed by atoms with van der Waals surface area (Å²) in [5.41, 5.74) is 14.9. The summed E-state index contributed by atoms with van der Waals surface area (Å²) in [6.45, 7) is 2.32. The van der Waals surface area contributed by atoms with E-state index in [-0.39, 0.29) is 0 Å². The summed E-state index contributed by atoms with van der Waals surface area (Å²) in [5, 5.41) is 0. The molecule has 1 aromatic carbocycles. The van der Waals surface area contributed by atoms with E-state index in [4.69, 9.17) is 5.73 Å². The molecule has 0 amide bonds. The second-order valence-electron chi connectivity index (χ2n) is 5.26. The molecule has 0 bridgehead atoms. The molecule has 3 unspecified atom stereocenters. The molecule has 2 saturated heterocycles. The van der Waals surface area contributed by atoms with Crippen LogP contribution in [0.3, 0.4) is 0 Å². The number of anilines is 1. The van der Waals surface area contributed by atoms with Crippen LogP contribution >= 0.6 is 0 Å². The average Bonchev–Trinajstić information content (AvgIpc) is 2.71. The lowest BCUT2D eigenvalue weighted by Crippen LogP contribution is -2.43. The molecule has 92 valence electrons. The maximum absolute atomic E-state index is 5.86. The topological polar surface area (TPSA) is 53.3 Å². The maximum atomic E-state index is 5.86. The molecule has 0 spiro atoms. The van der Waals surface area contributed by atoms with Gasteiger partial charge in [0.15, 0.2) is 0 Å². The molecule has 2 heterocycles. The molecular weight excluding hydrogens is 212 g/mol. The Labute approximate surface area is 102 Å². The third-order valence-corrected chi connectivity index (χ3v) is 3.98. The maximum Gasteiger partial charge on any atom is 0.0519 e. The fourth-order valence-corrected chi connectivity index (χ4v) is 3.06. The quantitative estimate of drug-likeness (QED) is 0.625. The highest BCUT2D eigenvalue weighted by Gasteiger charge is 2.39. The molecule has 4 heteroatoms. The zero-order chi connectivity index (χ0) is 11.8. The number of hydrogen-bond donors (Lipinski definition) is 3. The van der Waals surface area contributed by atoms with Crippen molar-refractivity contribution in [1.82, 2.24) is 15.8 Å². The third-order valence-electron chi connectivity index (χ3n) is 3.98. The van der Waals surface area contributed by atoms with E-state index in [0.29, 0.717) is 18.0 Å². The first-order valence-corrected chi connectivity index (χ1v) is 6.29. The van der Waals surface area contributed by atoms with Gasteiger partial charge in [0.1, 0.15) is 0 Å². The number of piperidine rings is 1. The van der Waals surface area contributed by atoms with Crippen LogP contribution in [0.5, 0.6) is 0 Å². The SMILES string of the molecule is CN1CCC2NNC(c3cccc(N)c3)C2C1. The second kappa shape index (κ2) is 4.29. The first-order valence-electron chi connectivity index (χ1n) is 6.29. The van der Waals surface area contributed by atoms with Crippen molar-refractivity contribution < 1.29 is 0 Å². The minimum absolute atomic E-state index is 0.381. The van der Waals surface area contributed by atoms with Crippen molar-refractivity contribution in [3.05, 3.63) is 29.8 Å². The fourth-order valence-electron chi connectivity index (χ4n) is 3.06. The number of rotatable bonds is 1. The summed E-state index contributed by atoms with van der Waals surface area (Å²) in [4.78, 5) is 2.41. The number of nitrogens with two attached hydrogens (primary N) is 1. The fraction of sp³-hybridized carbons (Fsp3) is 0.538. The molecule has 4 N–H and O–H groups in total. The predicted octanol–water partition coefficient (Wildman–Crippen LogP) is 0.738. The van der Waals surface area contributed by atoms with E-state index in [0.717, 1.165) is 12.2 Å². The highest BCUT2D eigenvalue weighted by Crippen LogP contribution is 2.33. The second-order valence-corrected chi connectivity index (χ2v) is 5.26. The first kappa shape index (κ1) is 11.0. The van der Waals surface area contributed by atoms with Crippen LogP contribution in [0.15, 0.2) is 24.3 Å². The Hall–Kier alpha value is -1.10. The van der Waals surface area contributed by atoms with E-state index < -0.39 is 0 Å². The lowest BCUT2D eigenvalue weighted by atomic mass is 9.85. The first-order chi connectivity index (χ1) is 8.24. The number of nitrogens with one attached hydrogen (secondary N) is 2.